The zero-order chi connectivity index (χ0) is 15.9. The number of hydrogen-bond donors (Lipinski definition) is 0. The minimum atomic E-state index is -4.79. The number of aryl methyl sites for hydroxylation is 1. The number of alkyl halides is 3. The van der Waals surface area contributed by atoms with Crippen LogP contribution in [0, 0.1) is 0 Å². The molecule has 3 aromatic rings. The van der Waals surface area contributed by atoms with E-state index in [1.807, 2.05) is 31.2 Å². The lowest BCUT2D eigenvalue weighted by Gasteiger charge is -2.06. The van der Waals surface area contributed by atoms with E-state index < -0.39 is 18.4 Å². The Morgan fingerprint density at radius 3 is 2.41 bits per heavy atom. The van der Waals surface area contributed by atoms with Gasteiger partial charge in [-0.3, -0.25) is 4.79 Å². The predicted octanol–water partition coefficient (Wildman–Crippen LogP) is 4.49. The second-order valence-electron chi connectivity index (χ2n) is 5.21. The Balaban J connectivity index is 2.14. The molecule has 0 aliphatic heterocycles. The first-order valence-electron chi connectivity index (χ1n) is 7.01. The number of rotatable bonds is 3. The zero-order valence-electron chi connectivity index (χ0n) is 11.9. The molecule has 0 atom stereocenters. The van der Waals surface area contributed by atoms with Crippen molar-refractivity contribution in [1.82, 2.24) is 4.57 Å². The van der Waals surface area contributed by atoms with Crippen LogP contribution in [0.3, 0.4) is 0 Å². The largest absolute Gasteiger partial charge is 0.450 e. The molecule has 0 aliphatic carbocycles. The minimum Gasteiger partial charge on any atom is -0.341 e. The number of nitrogens with zero attached hydrogens (tertiary/aromatic N) is 1. The molecular weight excluding hydrogens is 291 g/mol. The summed E-state index contributed by atoms with van der Waals surface area (Å²) in [6, 6.07) is 12.8. The maximum Gasteiger partial charge on any atom is 0.450 e. The summed E-state index contributed by atoms with van der Waals surface area (Å²) in [5.74, 6) is -1.72. The Bertz CT molecular complexity index is 861. The van der Waals surface area contributed by atoms with Gasteiger partial charge < -0.3 is 4.57 Å². The van der Waals surface area contributed by atoms with Gasteiger partial charge in [0, 0.05) is 34.8 Å². The van der Waals surface area contributed by atoms with Crippen LogP contribution >= 0.6 is 0 Å². The standard InChI is InChI=1S/C17H14F3NO/c1-2-21-14-6-4-3-5-12(14)13-9-11(7-8-15(13)21)10-16(22)17(18,19)20/h3-9H,2,10H2,1H3. The highest BCUT2D eigenvalue weighted by Gasteiger charge is 2.37. The molecule has 0 spiro atoms. The zero-order valence-corrected chi connectivity index (χ0v) is 11.9. The molecule has 5 heteroatoms. The number of Topliss-reactive ketones (excluding diaryl/α,β-unsaturated/α-hetero) is 1. The summed E-state index contributed by atoms with van der Waals surface area (Å²) >= 11 is 0. The number of aromatic nitrogens is 1. The van der Waals surface area contributed by atoms with E-state index in [1.54, 1.807) is 18.2 Å². The number of benzene rings is 2. The van der Waals surface area contributed by atoms with Gasteiger partial charge in [-0.1, -0.05) is 24.3 Å². The minimum absolute atomic E-state index is 0.383. The maximum absolute atomic E-state index is 12.4. The summed E-state index contributed by atoms with van der Waals surface area (Å²) in [7, 11) is 0. The van der Waals surface area contributed by atoms with Crippen molar-refractivity contribution in [3.63, 3.8) is 0 Å². The second kappa shape index (κ2) is 5.16. The lowest BCUT2D eigenvalue weighted by Crippen LogP contribution is -2.24. The van der Waals surface area contributed by atoms with Crippen LogP contribution in [0.4, 0.5) is 13.2 Å². The van der Waals surface area contributed by atoms with Crippen LogP contribution in [0.1, 0.15) is 12.5 Å². The number of carbonyl (C=O) groups is 1. The summed E-state index contributed by atoms with van der Waals surface area (Å²) in [5.41, 5.74) is 2.39. The fourth-order valence-corrected chi connectivity index (χ4v) is 2.84. The van der Waals surface area contributed by atoms with Gasteiger partial charge in [-0.2, -0.15) is 13.2 Å². The first-order valence-corrected chi connectivity index (χ1v) is 7.01. The quantitative estimate of drug-likeness (QED) is 0.699. The van der Waals surface area contributed by atoms with Crippen molar-refractivity contribution in [3.8, 4) is 0 Å². The van der Waals surface area contributed by atoms with Crippen molar-refractivity contribution >= 4 is 27.6 Å². The second-order valence-corrected chi connectivity index (χ2v) is 5.21. The highest BCUT2D eigenvalue weighted by atomic mass is 19.4. The third-order valence-corrected chi connectivity index (χ3v) is 3.83. The Hall–Kier alpha value is -2.30. The Labute approximate surface area is 125 Å². The predicted molar refractivity (Wildman–Crippen MR) is 79.9 cm³/mol. The van der Waals surface area contributed by atoms with Gasteiger partial charge in [-0.05, 0) is 30.7 Å². The van der Waals surface area contributed by atoms with Crippen LogP contribution in [0.2, 0.25) is 0 Å². The molecule has 0 amide bonds. The molecule has 22 heavy (non-hydrogen) atoms. The van der Waals surface area contributed by atoms with Crippen molar-refractivity contribution in [2.24, 2.45) is 0 Å². The molecule has 0 radical (unpaired) electrons. The van der Waals surface area contributed by atoms with Crippen LogP contribution in [0.15, 0.2) is 42.5 Å². The van der Waals surface area contributed by atoms with Gasteiger partial charge in [0.25, 0.3) is 0 Å². The van der Waals surface area contributed by atoms with Crippen molar-refractivity contribution in [2.45, 2.75) is 26.1 Å². The number of halogens is 3. The highest BCUT2D eigenvalue weighted by molar-refractivity contribution is 6.08. The molecule has 0 saturated carbocycles. The molecule has 3 rings (SSSR count). The van der Waals surface area contributed by atoms with Crippen LogP contribution in [0.25, 0.3) is 21.8 Å². The summed E-state index contributed by atoms with van der Waals surface area (Å²) in [6.45, 7) is 2.79. The first kappa shape index (κ1) is 14.6. The number of ketones is 1. The van der Waals surface area contributed by atoms with Crippen LogP contribution < -0.4 is 0 Å². The topological polar surface area (TPSA) is 22.0 Å². The van der Waals surface area contributed by atoms with E-state index in [1.165, 1.54) is 0 Å². The lowest BCUT2D eigenvalue weighted by atomic mass is 10.0. The van der Waals surface area contributed by atoms with E-state index in [0.29, 0.717) is 5.56 Å². The van der Waals surface area contributed by atoms with E-state index in [-0.39, 0.29) is 0 Å². The number of carbonyl (C=O) groups excluding carboxylic acids is 1. The van der Waals surface area contributed by atoms with Crippen LogP contribution in [0.5, 0.6) is 0 Å². The van der Waals surface area contributed by atoms with Gasteiger partial charge in [0.1, 0.15) is 0 Å². The van der Waals surface area contributed by atoms with Crippen molar-refractivity contribution < 1.29 is 18.0 Å². The fraction of sp³-hybridized carbons (Fsp3) is 0.235. The fourth-order valence-electron chi connectivity index (χ4n) is 2.84. The molecule has 0 unspecified atom stereocenters. The molecule has 2 nitrogen and oxygen atoms in total. The first-order chi connectivity index (χ1) is 10.4. The summed E-state index contributed by atoms with van der Waals surface area (Å²) in [6.07, 6.45) is -5.41. The van der Waals surface area contributed by atoms with E-state index in [9.17, 15) is 18.0 Å². The number of fused-ring (bicyclic) bond motifs is 3. The van der Waals surface area contributed by atoms with E-state index in [0.717, 1.165) is 28.4 Å². The molecule has 0 N–H and O–H groups in total. The van der Waals surface area contributed by atoms with E-state index in [4.69, 9.17) is 0 Å². The van der Waals surface area contributed by atoms with E-state index in [2.05, 4.69) is 4.57 Å². The molecule has 0 fully saturated rings. The third kappa shape index (κ3) is 2.36. The normalized spacial score (nSPS) is 12.2. The smallest absolute Gasteiger partial charge is 0.341 e. The Kier molecular flexibility index (Phi) is 3.43. The molecule has 2 aromatic carbocycles. The molecule has 1 heterocycles. The third-order valence-electron chi connectivity index (χ3n) is 3.83. The summed E-state index contributed by atoms with van der Waals surface area (Å²) in [5, 5.41) is 1.87. The molecule has 114 valence electrons. The van der Waals surface area contributed by atoms with Crippen LogP contribution in [-0.2, 0) is 17.8 Å². The average molecular weight is 305 g/mol. The Morgan fingerprint density at radius 2 is 1.73 bits per heavy atom. The van der Waals surface area contributed by atoms with Gasteiger partial charge in [0.05, 0.1) is 0 Å². The van der Waals surface area contributed by atoms with Crippen molar-refractivity contribution in [3.05, 3.63) is 48.0 Å². The summed E-state index contributed by atoms with van der Waals surface area (Å²) in [4.78, 5) is 11.2. The Morgan fingerprint density at radius 1 is 1.05 bits per heavy atom. The average Bonchev–Trinajstić information content (AvgIpc) is 2.79. The maximum atomic E-state index is 12.4. The van der Waals surface area contributed by atoms with Gasteiger partial charge in [0.2, 0.25) is 5.78 Å². The lowest BCUT2D eigenvalue weighted by molar-refractivity contribution is -0.170. The van der Waals surface area contributed by atoms with Gasteiger partial charge in [-0.15, -0.1) is 0 Å². The molecule has 1 aromatic heterocycles. The van der Waals surface area contributed by atoms with Gasteiger partial charge >= 0.3 is 6.18 Å². The van der Waals surface area contributed by atoms with E-state index >= 15 is 0 Å². The SMILES string of the molecule is CCn1c2ccccc2c2cc(CC(=O)C(F)(F)F)ccc21. The molecule has 0 bridgehead atoms. The summed E-state index contributed by atoms with van der Waals surface area (Å²) < 4.78 is 39.3. The van der Waals surface area contributed by atoms with Crippen LogP contribution in [-0.4, -0.2) is 16.5 Å². The molecule has 0 saturated heterocycles. The number of hydrogen-bond acceptors (Lipinski definition) is 1. The van der Waals surface area contributed by atoms with Crippen molar-refractivity contribution in [2.75, 3.05) is 0 Å². The molecule has 0 aliphatic rings. The van der Waals surface area contributed by atoms with Gasteiger partial charge in [-0.25, -0.2) is 0 Å². The molecular formula is C17H14F3NO. The number of para-hydroxylation sites is 1. The van der Waals surface area contributed by atoms with Crippen molar-refractivity contribution in [1.29, 1.82) is 0 Å². The van der Waals surface area contributed by atoms with Gasteiger partial charge in [0.15, 0.2) is 0 Å². The highest BCUT2D eigenvalue weighted by Crippen LogP contribution is 2.30. The monoisotopic (exact) mass is 305 g/mol.